The van der Waals surface area contributed by atoms with Crippen LogP contribution in [-0.4, -0.2) is 22.2 Å². The van der Waals surface area contributed by atoms with E-state index in [0.29, 0.717) is 21.9 Å². The molecule has 0 spiro atoms. The zero-order chi connectivity index (χ0) is 23.3. The van der Waals surface area contributed by atoms with Crippen LogP contribution in [0.15, 0.2) is 53.3 Å². The zero-order valence-electron chi connectivity index (χ0n) is 18.2. The summed E-state index contributed by atoms with van der Waals surface area (Å²) in [5.41, 5.74) is 1.40. The number of aromatic nitrogens is 2. The molecule has 2 aromatic carbocycles. The van der Waals surface area contributed by atoms with Crippen molar-refractivity contribution in [3.05, 3.63) is 76.2 Å². The molecule has 0 fully saturated rings. The summed E-state index contributed by atoms with van der Waals surface area (Å²) in [5.74, 6) is -0.331. The normalized spacial score (nSPS) is 12.1. The van der Waals surface area contributed by atoms with E-state index in [1.165, 1.54) is 18.3 Å². The fourth-order valence-corrected chi connectivity index (χ4v) is 3.98. The maximum Gasteiger partial charge on any atom is 0.152 e. The maximum absolute atomic E-state index is 14.8. The van der Waals surface area contributed by atoms with Crippen LogP contribution < -0.4 is 9.64 Å². The van der Waals surface area contributed by atoms with Gasteiger partial charge in [-0.05, 0) is 51.7 Å². The van der Waals surface area contributed by atoms with E-state index in [9.17, 15) is 13.9 Å². The Morgan fingerprint density at radius 1 is 1.09 bits per heavy atom. The highest BCUT2D eigenvalue weighted by molar-refractivity contribution is 9.10. The number of nitrogens with zero attached hydrogens (tertiary/aromatic N) is 3. The van der Waals surface area contributed by atoms with Crippen molar-refractivity contribution in [1.82, 2.24) is 9.97 Å². The molecule has 1 N–H and O–H groups in total. The van der Waals surface area contributed by atoms with E-state index in [-0.39, 0.29) is 18.2 Å². The van der Waals surface area contributed by atoms with E-state index >= 15 is 0 Å². The van der Waals surface area contributed by atoms with Gasteiger partial charge in [-0.1, -0.05) is 38.8 Å². The summed E-state index contributed by atoms with van der Waals surface area (Å²) in [5, 5.41) is 10.9. The Bertz CT molecular complexity index is 1050. The van der Waals surface area contributed by atoms with Gasteiger partial charge in [0.05, 0.1) is 19.0 Å². The number of aliphatic hydroxyl groups is 1. The molecule has 0 amide bonds. The summed E-state index contributed by atoms with van der Waals surface area (Å²) in [6.45, 7) is 4.27. The monoisotopic (exact) mass is 505 g/mol. The van der Waals surface area contributed by atoms with E-state index in [1.807, 2.05) is 38.1 Å². The topological polar surface area (TPSA) is 58.5 Å². The summed E-state index contributed by atoms with van der Waals surface area (Å²) in [4.78, 5) is 10.6. The highest BCUT2D eigenvalue weighted by atomic mass is 79.9. The van der Waals surface area contributed by atoms with Gasteiger partial charge in [-0.25, -0.2) is 18.7 Å². The molecule has 3 aromatic rings. The minimum atomic E-state index is -0.826. The van der Waals surface area contributed by atoms with Crippen molar-refractivity contribution in [3.63, 3.8) is 0 Å². The van der Waals surface area contributed by atoms with Crippen molar-refractivity contribution in [1.29, 1.82) is 0 Å². The molecule has 1 aromatic heterocycles. The fourth-order valence-electron chi connectivity index (χ4n) is 3.56. The number of ether oxygens (including phenoxy) is 1. The molecular formula is C24H26BrF2N3O2. The van der Waals surface area contributed by atoms with Gasteiger partial charge >= 0.3 is 0 Å². The van der Waals surface area contributed by atoms with Gasteiger partial charge in [-0.3, -0.25) is 0 Å². The minimum absolute atomic E-state index is 0.00782. The minimum Gasteiger partial charge on any atom is -0.497 e. The predicted octanol–water partition coefficient (Wildman–Crippen LogP) is 6.33. The van der Waals surface area contributed by atoms with E-state index < -0.39 is 17.7 Å². The number of hydrogen-bond acceptors (Lipinski definition) is 5. The summed E-state index contributed by atoms with van der Waals surface area (Å²) < 4.78 is 34.0. The lowest BCUT2D eigenvalue weighted by atomic mass is 9.94. The molecule has 1 heterocycles. The number of hydrogen-bond donors (Lipinski definition) is 1. The standard InChI is InChI=1S/C24H26BrF2N3O2/c1-4-16(5-2)23(31)22-24(25)28-13-21(29-22)30(20-11-8-17(26)12-19(20)27)14-15-6-9-18(32-3)10-7-15/h6-13,16,23,31H,4-5,14H2,1-3H3. The lowest BCUT2D eigenvalue weighted by molar-refractivity contribution is 0.0980. The molecule has 170 valence electrons. The van der Waals surface area contributed by atoms with Crippen molar-refractivity contribution in [2.75, 3.05) is 12.0 Å². The Morgan fingerprint density at radius 3 is 2.38 bits per heavy atom. The fraction of sp³-hybridized carbons (Fsp3) is 0.333. The van der Waals surface area contributed by atoms with Gasteiger partial charge in [-0.15, -0.1) is 0 Å². The molecule has 0 radical (unpaired) electrons. The third kappa shape index (κ3) is 5.42. The van der Waals surface area contributed by atoms with E-state index in [1.54, 1.807) is 12.0 Å². The average Bonchev–Trinajstić information content (AvgIpc) is 2.79. The Morgan fingerprint density at radius 2 is 1.78 bits per heavy atom. The van der Waals surface area contributed by atoms with Gasteiger partial charge in [-0.2, -0.15) is 0 Å². The van der Waals surface area contributed by atoms with Crippen molar-refractivity contribution in [2.24, 2.45) is 5.92 Å². The highest BCUT2D eigenvalue weighted by Crippen LogP contribution is 2.34. The van der Waals surface area contributed by atoms with Crippen LogP contribution in [0.25, 0.3) is 0 Å². The Balaban J connectivity index is 2.07. The average molecular weight is 506 g/mol. The SMILES string of the molecule is CCC(CC)C(O)c1nc(N(Cc2ccc(OC)cc2)c2ccc(F)cc2F)cnc1Br. The molecule has 0 aliphatic rings. The van der Waals surface area contributed by atoms with Gasteiger partial charge in [0, 0.05) is 12.6 Å². The first-order valence-electron chi connectivity index (χ1n) is 10.4. The Labute approximate surface area is 195 Å². The number of methoxy groups -OCH3 is 1. The van der Waals surface area contributed by atoms with Gasteiger partial charge < -0.3 is 14.7 Å². The predicted molar refractivity (Wildman–Crippen MR) is 124 cm³/mol. The van der Waals surface area contributed by atoms with E-state index in [4.69, 9.17) is 4.74 Å². The molecule has 5 nitrogen and oxygen atoms in total. The number of anilines is 2. The van der Waals surface area contributed by atoms with E-state index in [2.05, 4.69) is 25.9 Å². The van der Waals surface area contributed by atoms with Gasteiger partial charge in [0.25, 0.3) is 0 Å². The van der Waals surface area contributed by atoms with Crippen LogP contribution in [0.2, 0.25) is 0 Å². The second-order valence-electron chi connectivity index (χ2n) is 7.46. The Kier molecular flexibility index (Phi) is 8.15. The molecule has 1 unspecified atom stereocenters. The lowest BCUT2D eigenvalue weighted by Gasteiger charge is -2.26. The van der Waals surface area contributed by atoms with Crippen molar-refractivity contribution >= 4 is 27.4 Å². The number of rotatable bonds is 9. The molecule has 0 aliphatic carbocycles. The molecule has 0 bridgehead atoms. The summed E-state index contributed by atoms with van der Waals surface area (Å²) >= 11 is 3.38. The maximum atomic E-state index is 14.8. The first-order valence-corrected chi connectivity index (χ1v) is 11.2. The molecule has 3 rings (SSSR count). The number of benzene rings is 2. The quantitative estimate of drug-likeness (QED) is 0.368. The van der Waals surface area contributed by atoms with Crippen LogP contribution in [0.1, 0.15) is 44.1 Å². The van der Waals surface area contributed by atoms with Crippen molar-refractivity contribution in [2.45, 2.75) is 39.3 Å². The molecule has 1 atom stereocenters. The first kappa shape index (κ1) is 24.1. The van der Waals surface area contributed by atoms with Crippen LogP contribution in [0.5, 0.6) is 5.75 Å². The van der Waals surface area contributed by atoms with Gasteiger partial charge in [0.15, 0.2) is 5.82 Å². The summed E-state index contributed by atoms with van der Waals surface area (Å²) in [7, 11) is 1.58. The third-order valence-corrected chi connectivity index (χ3v) is 6.10. The van der Waals surface area contributed by atoms with Crippen molar-refractivity contribution < 1.29 is 18.6 Å². The Hall–Kier alpha value is -2.58. The number of halogens is 3. The van der Waals surface area contributed by atoms with Crippen molar-refractivity contribution in [3.8, 4) is 5.75 Å². The molecular weight excluding hydrogens is 480 g/mol. The van der Waals surface area contributed by atoms with Crippen LogP contribution in [0.4, 0.5) is 20.3 Å². The second kappa shape index (κ2) is 10.8. The van der Waals surface area contributed by atoms with Crippen LogP contribution in [0, 0.1) is 17.6 Å². The third-order valence-electron chi connectivity index (χ3n) is 5.49. The van der Waals surface area contributed by atoms with E-state index in [0.717, 1.165) is 24.5 Å². The summed E-state index contributed by atoms with van der Waals surface area (Å²) in [6.07, 6.45) is 2.23. The van der Waals surface area contributed by atoms with Crippen LogP contribution in [-0.2, 0) is 6.54 Å². The molecule has 32 heavy (non-hydrogen) atoms. The smallest absolute Gasteiger partial charge is 0.152 e. The van der Waals surface area contributed by atoms with Gasteiger partial charge in [0.2, 0.25) is 0 Å². The summed E-state index contributed by atoms with van der Waals surface area (Å²) in [6, 6.07) is 10.7. The van der Waals surface area contributed by atoms with Crippen LogP contribution in [0.3, 0.4) is 0 Å². The molecule has 0 saturated heterocycles. The highest BCUT2D eigenvalue weighted by Gasteiger charge is 2.25. The number of aliphatic hydroxyl groups excluding tert-OH is 1. The zero-order valence-corrected chi connectivity index (χ0v) is 19.8. The second-order valence-corrected chi connectivity index (χ2v) is 8.21. The molecule has 8 heteroatoms. The molecule has 0 aliphatic heterocycles. The van der Waals surface area contributed by atoms with Gasteiger partial charge in [0.1, 0.15) is 33.8 Å². The first-order chi connectivity index (χ1) is 15.4. The molecule has 0 saturated carbocycles. The lowest BCUT2D eigenvalue weighted by Crippen LogP contribution is -2.21. The van der Waals surface area contributed by atoms with Crippen LogP contribution >= 0.6 is 15.9 Å². The largest absolute Gasteiger partial charge is 0.497 e.